The molecule has 3 heteroatoms. The molecule has 0 amide bonds. The molecule has 1 heterocycles. The minimum atomic E-state index is 0.759. The van der Waals surface area contributed by atoms with E-state index in [0.717, 1.165) is 9.50 Å². The van der Waals surface area contributed by atoms with Crippen LogP contribution in [0, 0.1) is 0 Å². The maximum atomic E-state index is 6.01. The molecule has 0 radical (unpaired) electrons. The summed E-state index contributed by atoms with van der Waals surface area (Å²) in [6.45, 7) is 0. The molecule has 0 N–H and O–H groups in total. The number of benzene rings is 5. The van der Waals surface area contributed by atoms with Gasteiger partial charge in [-0.25, -0.2) is 0 Å². The van der Waals surface area contributed by atoms with Gasteiger partial charge >= 0.3 is 0 Å². The van der Waals surface area contributed by atoms with E-state index in [-0.39, 0.29) is 0 Å². The smallest absolute Gasteiger partial charge is 0.0497 e. The fourth-order valence-corrected chi connectivity index (χ4v) is 6.12. The monoisotopic (exact) mass is 524 g/mol. The number of fused-ring (bicyclic) bond motifs is 3. The molecule has 0 spiro atoms. The van der Waals surface area contributed by atoms with Crippen molar-refractivity contribution in [2.75, 3.05) is 0 Å². The fraction of sp³-hybridized carbons (Fsp3) is 0. The van der Waals surface area contributed by atoms with Crippen LogP contribution in [-0.4, -0.2) is 0 Å². The van der Waals surface area contributed by atoms with Crippen molar-refractivity contribution in [3.8, 4) is 33.4 Å². The predicted molar refractivity (Wildman–Crippen MR) is 148 cm³/mol. The highest BCUT2D eigenvalue weighted by atomic mass is 79.9. The molecule has 0 fully saturated rings. The molecule has 0 unspecified atom stereocenters. The predicted octanol–water partition coefficient (Wildman–Crippen LogP) is 10.5. The summed E-state index contributed by atoms with van der Waals surface area (Å²) in [5, 5.41) is 3.38. The summed E-state index contributed by atoms with van der Waals surface area (Å²) >= 11 is 11.5. The van der Waals surface area contributed by atoms with Crippen molar-refractivity contribution in [1.82, 2.24) is 0 Å². The Balaban J connectivity index is 1.31. The van der Waals surface area contributed by atoms with Crippen LogP contribution >= 0.6 is 38.9 Å². The Bertz CT molecular complexity index is 1600. The van der Waals surface area contributed by atoms with Crippen molar-refractivity contribution in [3.05, 3.63) is 119 Å². The van der Waals surface area contributed by atoms with Crippen molar-refractivity contribution in [2.24, 2.45) is 0 Å². The van der Waals surface area contributed by atoms with Crippen LogP contribution in [0.5, 0.6) is 0 Å². The maximum Gasteiger partial charge on any atom is 0.0497 e. The molecule has 0 nitrogen and oxygen atoms in total. The summed E-state index contributed by atoms with van der Waals surface area (Å²) in [6, 6.07) is 38.7. The van der Waals surface area contributed by atoms with E-state index in [1.165, 1.54) is 53.6 Å². The molecule has 0 aliphatic carbocycles. The highest BCUT2D eigenvalue weighted by molar-refractivity contribution is 9.10. The summed E-state index contributed by atoms with van der Waals surface area (Å²) < 4.78 is 3.79. The SMILES string of the molecule is Clc1ccc(-c2ccc(-c3ccc(-c4ccc5sc6c(Br)cccc6c5c4)cc3)cc2)cc1. The average molecular weight is 526 g/mol. The quantitative estimate of drug-likeness (QED) is 0.215. The van der Waals surface area contributed by atoms with Crippen molar-refractivity contribution in [2.45, 2.75) is 0 Å². The Kier molecular flexibility index (Phi) is 5.30. The number of thiophene rings is 1. The van der Waals surface area contributed by atoms with Gasteiger partial charge in [-0.15, -0.1) is 11.3 Å². The number of halogens is 2. The first kappa shape index (κ1) is 20.7. The lowest BCUT2D eigenvalue weighted by molar-refractivity contribution is 1.58. The zero-order chi connectivity index (χ0) is 22.4. The second-order valence-electron chi connectivity index (χ2n) is 8.09. The summed E-state index contributed by atoms with van der Waals surface area (Å²) in [7, 11) is 0. The van der Waals surface area contributed by atoms with E-state index in [1.54, 1.807) is 0 Å². The molecule has 0 saturated heterocycles. The van der Waals surface area contributed by atoms with Crippen LogP contribution in [0.1, 0.15) is 0 Å². The van der Waals surface area contributed by atoms with Crippen LogP contribution in [-0.2, 0) is 0 Å². The lowest BCUT2D eigenvalue weighted by Crippen LogP contribution is -1.82. The zero-order valence-corrected chi connectivity index (χ0v) is 20.7. The summed E-state index contributed by atoms with van der Waals surface area (Å²) in [5.41, 5.74) is 7.26. The van der Waals surface area contributed by atoms with Crippen LogP contribution in [0.3, 0.4) is 0 Å². The van der Waals surface area contributed by atoms with E-state index in [1.807, 2.05) is 23.5 Å². The highest BCUT2D eigenvalue weighted by Gasteiger charge is 2.09. The zero-order valence-electron chi connectivity index (χ0n) is 17.6. The second kappa shape index (κ2) is 8.46. The Labute approximate surface area is 210 Å². The van der Waals surface area contributed by atoms with E-state index in [0.29, 0.717) is 0 Å². The lowest BCUT2D eigenvalue weighted by atomic mass is 9.97. The fourth-order valence-electron chi connectivity index (χ4n) is 4.30. The first-order valence-corrected chi connectivity index (χ1v) is 12.7. The lowest BCUT2D eigenvalue weighted by Gasteiger charge is -2.07. The van der Waals surface area contributed by atoms with Gasteiger partial charge < -0.3 is 0 Å². The van der Waals surface area contributed by atoms with Crippen LogP contribution in [0.25, 0.3) is 53.6 Å². The third kappa shape index (κ3) is 3.89. The molecule has 5 aromatic carbocycles. The molecule has 0 saturated carbocycles. The highest BCUT2D eigenvalue weighted by Crippen LogP contribution is 2.39. The van der Waals surface area contributed by atoms with Gasteiger partial charge in [0.05, 0.1) is 0 Å². The molecular formula is C30H18BrClS. The number of hydrogen-bond acceptors (Lipinski definition) is 1. The first-order chi connectivity index (χ1) is 16.2. The van der Waals surface area contributed by atoms with E-state index >= 15 is 0 Å². The Hall–Kier alpha value is -2.91. The standard InChI is InChI=1S/C30H18BrClS/c31-28-3-1-2-26-27-18-24(14-17-29(27)33-30(26)28)23-10-8-20(9-11-23)19-4-6-21(7-5-19)22-12-15-25(32)16-13-22/h1-18H. The van der Waals surface area contributed by atoms with Crippen LogP contribution < -0.4 is 0 Å². The van der Waals surface area contributed by atoms with E-state index in [2.05, 4.69) is 113 Å². The average Bonchev–Trinajstić information content (AvgIpc) is 3.24. The van der Waals surface area contributed by atoms with E-state index in [9.17, 15) is 0 Å². The Morgan fingerprint density at radius 1 is 0.515 bits per heavy atom. The normalized spacial score (nSPS) is 11.3. The van der Waals surface area contributed by atoms with Crippen molar-refractivity contribution < 1.29 is 0 Å². The van der Waals surface area contributed by atoms with Gasteiger partial charge in [-0.05, 0) is 79.6 Å². The van der Waals surface area contributed by atoms with Crippen LogP contribution in [0.2, 0.25) is 5.02 Å². The van der Waals surface area contributed by atoms with Crippen LogP contribution in [0.15, 0.2) is 114 Å². The topological polar surface area (TPSA) is 0 Å². The molecular weight excluding hydrogens is 508 g/mol. The maximum absolute atomic E-state index is 6.01. The Morgan fingerprint density at radius 2 is 1.00 bits per heavy atom. The van der Waals surface area contributed by atoms with E-state index < -0.39 is 0 Å². The summed E-state index contributed by atoms with van der Waals surface area (Å²) in [5.74, 6) is 0. The van der Waals surface area contributed by atoms with Gasteiger partial charge in [-0.2, -0.15) is 0 Å². The molecule has 0 bridgehead atoms. The van der Waals surface area contributed by atoms with Gasteiger partial charge in [-0.3, -0.25) is 0 Å². The van der Waals surface area contributed by atoms with Gasteiger partial charge in [0.1, 0.15) is 0 Å². The summed E-state index contributed by atoms with van der Waals surface area (Å²) in [6.07, 6.45) is 0. The molecule has 6 aromatic rings. The van der Waals surface area contributed by atoms with Crippen molar-refractivity contribution >= 4 is 59.0 Å². The van der Waals surface area contributed by atoms with Gasteiger partial charge in [-0.1, -0.05) is 90.5 Å². The van der Waals surface area contributed by atoms with Gasteiger partial charge in [0, 0.05) is 29.7 Å². The number of rotatable bonds is 3. The third-order valence-corrected chi connectivity index (χ3v) is 8.46. The molecule has 33 heavy (non-hydrogen) atoms. The summed E-state index contributed by atoms with van der Waals surface area (Å²) in [4.78, 5) is 0. The van der Waals surface area contributed by atoms with Gasteiger partial charge in [0.25, 0.3) is 0 Å². The van der Waals surface area contributed by atoms with E-state index in [4.69, 9.17) is 11.6 Å². The molecule has 0 atom stereocenters. The molecule has 158 valence electrons. The first-order valence-electron chi connectivity index (χ1n) is 10.7. The molecule has 1 aromatic heterocycles. The molecule has 6 rings (SSSR count). The van der Waals surface area contributed by atoms with Crippen molar-refractivity contribution in [1.29, 1.82) is 0 Å². The Morgan fingerprint density at radius 3 is 1.58 bits per heavy atom. The van der Waals surface area contributed by atoms with Crippen molar-refractivity contribution in [3.63, 3.8) is 0 Å². The number of hydrogen-bond donors (Lipinski definition) is 0. The molecule has 0 aliphatic rings. The van der Waals surface area contributed by atoms with Gasteiger partial charge in [0.15, 0.2) is 0 Å². The minimum absolute atomic E-state index is 0.759. The molecule has 0 aliphatic heterocycles. The van der Waals surface area contributed by atoms with Gasteiger partial charge in [0.2, 0.25) is 0 Å². The van der Waals surface area contributed by atoms with Crippen LogP contribution in [0.4, 0.5) is 0 Å². The second-order valence-corrected chi connectivity index (χ2v) is 10.4. The largest absolute Gasteiger partial charge is 0.134 e. The minimum Gasteiger partial charge on any atom is -0.134 e. The third-order valence-electron chi connectivity index (χ3n) is 6.06.